The number of hydrogen-bond donors (Lipinski definition) is 1. The molecular weight excluding hydrogens is 571 g/mol. The molecule has 1 aliphatic rings. The number of rotatable bonds is 12. The van der Waals surface area contributed by atoms with Crippen LogP contribution in [0.15, 0.2) is 85.1 Å². The van der Waals surface area contributed by atoms with Crippen LogP contribution in [0.5, 0.6) is 5.75 Å². The van der Waals surface area contributed by atoms with Crippen LogP contribution in [0, 0.1) is 5.82 Å². The Balaban J connectivity index is 1.42. The van der Waals surface area contributed by atoms with Gasteiger partial charge in [-0.25, -0.2) is 14.4 Å². The number of amides is 1. The molecule has 1 fully saturated rings. The molecule has 1 N–H and O–H groups in total. The van der Waals surface area contributed by atoms with E-state index >= 15 is 0 Å². The van der Waals surface area contributed by atoms with Gasteiger partial charge in [0.05, 0.1) is 17.3 Å². The molecule has 5 rings (SSSR count). The Morgan fingerprint density at radius 1 is 1.00 bits per heavy atom. The Morgan fingerprint density at radius 3 is 2.49 bits per heavy atom. The minimum Gasteiger partial charge on any atom is -0.488 e. The number of carboxylic acid groups (broad SMARTS) is 1. The van der Waals surface area contributed by atoms with Crippen LogP contribution in [0.1, 0.15) is 40.0 Å². The van der Waals surface area contributed by atoms with Gasteiger partial charge in [-0.3, -0.25) is 9.59 Å². The maximum absolute atomic E-state index is 14.1. The van der Waals surface area contributed by atoms with E-state index < -0.39 is 24.2 Å². The second-order valence-corrected chi connectivity index (χ2v) is 10.9. The molecule has 0 aliphatic carbocycles. The number of nitrogens with zero attached hydrogens (tertiary/aromatic N) is 4. The van der Waals surface area contributed by atoms with Crippen molar-refractivity contribution in [3.63, 3.8) is 0 Å². The van der Waals surface area contributed by atoms with Crippen molar-refractivity contribution in [2.24, 2.45) is 0 Å². The number of carbonyl (C=O) groups is 2. The average Bonchev–Trinajstić information content (AvgIpc) is 3.49. The van der Waals surface area contributed by atoms with E-state index in [1.807, 2.05) is 35.2 Å². The molecule has 2 heterocycles. The van der Waals surface area contributed by atoms with Crippen LogP contribution < -0.4 is 9.64 Å². The van der Waals surface area contributed by atoms with Crippen molar-refractivity contribution in [3.05, 3.63) is 118 Å². The summed E-state index contributed by atoms with van der Waals surface area (Å²) in [6.07, 6.45) is 4.29. The van der Waals surface area contributed by atoms with E-state index in [9.17, 15) is 19.1 Å². The standard InChI is InChI=1S/C33H32ClFN4O4/c34-25-15-12-24(13-16-25)20-38(21-31(40)41)32(42)27-19-36-33(37-29(27)17-14-23-7-2-1-3-8-23)39-18-6-9-26(39)22-43-30-11-5-4-10-28(30)35/h1-5,7-8,10-13,15-16,19,26H,6,9,14,17-18,20-22H2,(H,40,41)/t26-/m0/s1. The van der Waals surface area contributed by atoms with E-state index in [2.05, 4.69) is 4.98 Å². The van der Waals surface area contributed by atoms with Crippen LogP contribution in [-0.2, 0) is 24.2 Å². The third kappa shape index (κ3) is 7.87. The van der Waals surface area contributed by atoms with Crippen LogP contribution >= 0.6 is 11.6 Å². The smallest absolute Gasteiger partial charge is 0.323 e. The highest BCUT2D eigenvalue weighted by Gasteiger charge is 2.30. The number of aromatic nitrogens is 2. The summed E-state index contributed by atoms with van der Waals surface area (Å²) in [5, 5.41) is 10.1. The maximum atomic E-state index is 14.1. The van der Waals surface area contributed by atoms with E-state index in [4.69, 9.17) is 21.3 Å². The highest BCUT2D eigenvalue weighted by Crippen LogP contribution is 2.26. The lowest BCUT2D eigenvalue weighted by Crippen LogP contribution is -2.37. The minimum atomic E-state index is -1.12. The molecule has 3 aromatic carbocycles. The Bertz CT molecular complexity index is 1550. The molecule has 0 saturated carbocycles. The van der Waals surface area contributed by atoms with E-state index in [1.165, 1.54) is 17.2 Å². The molecule has 1 saturated heterocycles. The Labute approximate surface area is 254 Å². The fourth-order valence-corrected chi connectivity index (χ4v) is 5.31. The van der Waals surface area contributed by atoms with Crippen LogP contribution in [0.3, 0.4) is 0 Å². The van der Waals surface area contributed by atoms with Crippen LogP contribution in [0.2, 0.25) is 5.02 Å². The van der Waals surface area contributed by atoms with Crippen molar-refractivity contribution in [3.8, 4) is 5.75 Å². The molecule has 0 bridgehead atoms. The average molecular weight is 603 g/mol. The zero-order chi connectivity index (χ0) is 30.2. The summed E-state index contributed by atoms with van der Waals surface area (Å²) in [6, 6.07) is 23.0. The van der Waals surface area contributed by atoms with Gasteiger partial charge in [0.15, 0.2) is 11.6 Å². The van der Waals surface area contributed by atoms with Gasteiger partial charge in [-0.15, -0.1) is 0 Å². The first-order valence-electron chi connectivity index (χ1n) is 14.2. The molecule has 0 unspecified atom stereocenters. The maximum Gasteiger partial charge on any atom is 0.323 e. The molecular formula is C33H32ClFN4O4. The Kier molecular flexibility index (Phi) is 9.84. The van der Waals surface area contributed by atoms with Gasteiger partial charge >= 0.3 is 5.97 Å². The van der Waals surface area contributed by atoms with Gasteiger partial charge in [0.1, 0.15) is 13.2 Å². The molecule has 43 heavy (non-hydrogen) atoms. The molecule has 1 aliphatic heterocycles. The zero-order valence-corrected chi connectivity index (χ0v) is 24.3. The molecule has 0 spiro atoms. The van der Waals surface area contributed by atoms with Gasteiger partial charge in [-0.2, -0.15) is 0 Å². The number of carbonyl (C=O) groups excluding carboxylic acids is 1. The first-order chi connectivity index (χ1) is 20.9. The lowest BCUT2D eigenvalue weighted by Gasteiger charge is -2.26. The number of benzene rings is 3. The van der Waals surface area contributed by atoms with Crippen molar-refractivity contribution in [2.75, 3.05) is 24.6 Å². The molecule has 0 radical (unpaired) electrons. The molecule has 222 valence electrons. The van der Waals surface area contributed by atoms with Crippen LogP contribution in [0.4, 0.5) is 10.3 Å². The summed E-state index contributed by atoms with van der Waals surface area (Å²) in [7, 11) is 0. The molecule has 1 atom stereocenters. The predicted octanol–water partition coefficient (Wildman–Crippen LogP) is 5.83. The first kappa shape index (κ1) is 30.0. The van der Waals surface area contributed by atoms with E-state index in [1.54, 1.807) is 42.5 Å². The molecule has 1 amide bonds. The van der Waals surface area contributed by atoms with Crippen molar-refractivity contribution in [1.82, 2.24) is 14.9 Å². The zero-order valence-electron chi connectivity index (χ0n) is 23.5. The van der Waals surface area contributed by atoms with E-state index in [0.717, 1.165) is 24.0 Å². The number of halogens is 2. The Morgan fingerprint density at radius 2 is 1.74 bits per heavy atom. The number of para-hydroxylation sites is 1. The van der Waals surface area contributed by atoms with Gasteiger partial charge in [0.25, 0.3) is 5.91 Å². The Hall–Kier alpha value is -4.50. The van der Waals surface area contributed by atoms with Gasteiger partial charge < -0.3 is 19.6 Å². The van der Waals surface area contributed by atoms with Gasteiger partial charge in [0, 0.05) is 24.3 Å². The third-order valence-corrected chi connectivity index (χ3v) is 7.63. The van der Waals surface area contributed by atoms with Gasteiger partial charge in [-0.1, -0.05) is 66.2 Å². The normalized spacial score (nSPS) is 14.5. The van der Waals surface area contributed by atoms with Crippen molar-refractivity contribution >= 4 is 29.4 Å². The number of hydrogen-bond acceptors (Lipinski definition) is 6. The summed E-state index contributed by atoms with van der Waals surface area (Å²) in [5.41, 5.74) is 2.62. The highest BCUT2D eigenvalue weighted by atomic mass is 35.5. The SMILES string of the molecule is O=C(O)CN(Cc1ccc(Cl)cc1)C(=O)c1cnc(N2CCC[C@H]2COc2ccccc2F)nc1CCc1ccccc1. The predicted molar refractivity (Wildman–Crippen MR) is 162 cm³/mol. The van der Waals surface area contributed by atoms with Gasteiger partial charge in [-0.05, 0) is 61.1 Å². The number of anilines is 1. The second-order valence-electron chi connectivity index (χ2n) is 10.4. The summed E-state index contributed by atoms with van der Waals surface area (Å²) in [6.45, 7) is 0.558. The van der Waals surface area contributed by atoms with Crippen molar-refractivity contribution < 1.29 is 23.8 Å². The largest absolute Gasteiger partial charge is 0.488 e. The summed E-state index contributed by atoms with van der Waals surface area (Å²) >= 11 is 6.01. The first-order valence-corrected chi connectivity index (χ1v) is 14.5. The van der Waals surface area contributed by atoms with Crippen molar-refractivity contribution in [1.29, 1.82) is 0 Å². The third-order valence-electron chi connectivity index (χ3n) is 7.38. The monoisotopic (exact) mass is 602 g/mol. The number of carboxylic acids is 1. The number of aryl methyl sites for hydroxylation is 2. The minimum absolute atomic E-state index is 0.0726. The topological polar surface area (TPSA) is 95.9 Å². The van der Waals surface area contributed by atoms with Crippen molar-refractivity contribution in [2.45, 2.75) is 38.3 Å². The number of aliphatic carboxylic acids is 1. The molecule has 10 heteroatoms. The molecule has 8 nitrogen and oxygen atoms in total. The fraction of sp³-hybridized carbons (Fsp3) is 0.273. The van der Waals surface area contributed by atoms with Crippen LogP contribution in [-0.4, -0.2) is 57.6 Å². The number of ether oxygens (including phenoxy) is 1. The quantitative estimate of drug-likeness (QED) is 0.218. The fourth-order valence-electron chi connectivity index (χ4n) is 5.18. The van der Waals surface area contributed by atoms with E-state index in [0.29, 0.717) is 36.1 Å². The van der Waals surface area contributed by atoms with Gasteiger partial charge in [0.2, 0.25) is 5.95 Å². The summed E-state index contributed by atoms with van der Waals surface area (Å²) < 4.78 is 19.9. The molecule has 4 aromatic rings. The summed E-state index contributed by atoms with van der Waals surface area (Å²) in [5.74, 6) is -1.35. The van der Waals surface area contributed by atoms with Crippen LogP contribution in [0.25, 0.3) is 0 Å². The van der Waals surface area contributed by atoms with E-state index in [-0.39, 0.29) is 30.5 Å². The second kappa shape index (κ2) is 14.1. The molecule has 1 aromatic heterocycles. The summed E-state index contributed by atoms with van der Waals surface area (Å²) in [4.78, 5) is 38.4. The highest BCUT2D eigenvalue weighted by molar-refractivity contribution is 6.30. The lowest BCUT2D eigenvalue weighted by molar-refractivity contribution is -0.137. The lowest BCUT2D eigenvalue weighted by atomic mass is 10.0.